The Morgan fingerprint density at radius 3 is 2.40 bits per heavy atom. The van der Waals surface area contributed by atoms with Crippen LogP contribution < -0.4 is 0 Å². The molecule has 0 spiro atoms. The minimum Gasteiger partial charge on any atom is -0.324 e. The Labute approximate surface area is 58.7 Å². The van der Waals surface area contributed by atoms with Crippen molar-refractivity contribution < 1.29 is 19.1 Å². The van der Waals surface area contributed by atoms with Crippen LogP contribution in [0.3, 0.4) is 0 Å². The first-order chi connectivity index (χ1) is 4.45. The van der Waals surface area contributed by atoms with Crippen LogP contribution >= 0.6 is 7.60 Å². The molecule has 5 heteroatoms. The number of allylic oxidation sites excluding steroid dienone is 1. The van der Waals surface area contributed by atoms with Crippen molar-refractivity contribution in [2.45, 2.75) is 6.42 Å². The summed E-state index contributed by atoms with van der Waals surface area (Å²) >= 11 is 0. The molecule has 0 aliphatic rings. The highest BCUT2D eigenvalue weighted by Crippen LogP contribution is 2.34. The molecule has 0 aromatic heterocycles. The zero-order valence-electron chi connectivity index (χ0n) is 5.36. The van der Waals surface area contributed by atoms with E-state index in [2.05, 4.69) is 6.58 Å². The Balaban J connectivity index is 3.66. The Kier molecular flexibility index (Phi) is 3.50. The van der Waals surface area contributed by atoms with Crippen LogP contribution in [0.1, 0.15) is 6.42 Å². The number of hydrogen-bond donors (Lipinski definition) is 2. The molecule has 0 rings (SSSR count). The van der Waals surface area contributed by atoms with E-state index in [1.807, 2.05) is 0 Å². The molecule has 0 saturated carbocycles. The molecule has 0 aliphatic heterocycles. The average molecular weight is 164 g/mol. The highest BCUT2D eigenvalue weighted by molar-refractivity contribution is 7.51. The molecule has 0 unspecified atom stereocenters. The highest BCUT2D eigenvalue weighted by Gasteiger charge is 2.13. The molecule has 0 saturated heterocycles. The van der Waals surface area contributed by atoms with Gasteiger partial charge in [0.05, 0.1) is 6.16 Å². The van der Waals surface area contributed by atoms with Crippen molar-refractivity contribution in [2.75, 3.05) is 6.16 Å². The van der Waals surface area contributed by atoms with E-state index in [0.717, 1.165) is 6.08 Å². The van der Waals surface area contributed by atoms with Gasteiger partial charge in [-0.1, -0.05) is 6.58 Å². The van der Waals surface area contributed by atoms with Crippen molar-refractivity contribution >= 4 is 13.4 Å². The first-order valence-electron chi connectivity index (χ1n) is 2.65. The van der Waals surface area contributed by atoms with Crippen LogP contribution in [0.4, 0.5) is 0 Å². The number of carbonyl (C=O) groups is 1. The number of rotatable bonds is 4. The molecule has 0 radical (unpaired) electrons. The Morgan fingerprint density at radius 2 is 2.10 bits per heavy atom. The minimum atomic E-state index is -4.00. The Bertz CT molecular complexity index is 180. The third kappa shape index (κ3) is 5.69. The van der Waals surface area contributed by atoms with E-state index in [4.69, 9.17) is 9.79 Å². The van der Waals surface area contributed by atoms with Crippen LogP contribution in [-0.4, -0.2) is 21.7 Å². The molecule has 4 nitrogen and oxygen atoms in total. The quantitative estimate of drug-likeness (QED) is 0.463. The summed E-state index contributed by atoms with van der Waals surface area (Å²) in [5.41, 5.74) is 0. The van der Waals surface area contributed by atoms with Crippen molar-refractivity contribution in [2.24, 2.45) is 0 Å². The van der Waals surface area contributed by atoms with Gasteiger partial charge in [-0.2, -0.15) is 0 Å². The molecular formula is C5H9O4P. The largest absolute Gasteiger partial charge is 0.326 e. The van der Waals surface area contributed by atoms with Gasteiger partial charge in [0, 0.05) is 6.42 Å². The molecule has 0 aromatic carbocycles. The number of hydrogen-bond acceptors (Lipinski definition) is 2. The lowest BCUT2D eigenvalue weighted by Crippen LogP contribution is -1.96. The summed E-state index contributed by atoms with van der Waals surface area (Å²) in [4.78, 5) is 27.0. The first-order valence-corrected chi connectivity index (χ1v) is 4.45. The maximum Gasteiger partial charge on any atom is 0.326 e. The van der Waals surface area contributed by atoms with E-state index in [1.54, 1.807) is 0 Å². The summed E-state index contributed by atoms with van der Waals surface area (Å²) in [5.74, 6) is -0.344. The van der Waals surface area contributed by atoms with Gasteiger partial charge < -0.3 is 9.79 Å². The van der Waals surface area contributed by atoms with Crippen LogP contribution in [0.2, 0.25) is 0 Å². The van der Waals surface area contributed by atoms with E-state index in [-0.39, 0.29) is 12.2 Å². The molecule has 10 heavy (non-hydrogen) atoms. The smallest absolute Gasteiger partial charge is 0.324 e. The zero-order chi connectivity index (χ0) is 8.20. The van der Waals surface area contributed by atoms with Gasteiger partial charge in [-0.3, -0.25) is 9.36 Å². The summed E-state index contributed by atoms with van der Waals surface area (Å²) in [6.45, 7) is 3.16. The minimum absolute atomic E-state index is 0.131. The highest BCUT2D eigenvalue weighted by atomic mass is 31.2. The molecule has 0 fully saturated rings. The van der Waals surface area contributed by atoms with E-state index in [0.29, 0.717) is 0 Å². The second-order valence-corrected chi connectivity index (χ2v) is 3.59. The Hall–Kier alpha value is -0.440. The third-order valence-electron chi connectivity index (χ3n) is 0.877. The summed E-state index contributed by atoms with van der Waals surface area (Å²) in [7, 11) is -4.00. The van der Waals surface area contributed by atoms with Crippen LogP contribution in [0, 0.1) is 0 Å². The van der Waals surface area contributed by atoms with Gasteiger partial charge >= 0.3 is 7.60 Å². The number of ketones is 1. The average Bonchev–Trinajstić information content (AvgIpc) is 1.81. The van der Waals surface area contributed by atoms with Crippen LogP contribution in [0.25, 0.3) is 0 Å². The third-order valence-corrected chi connectivity index (χ3v) is 1.68. The van der Waals surface area contributed by atoms with E-state index in [9.17, 15) is 9.36 Å². The molecule has 0 atom stereocenters. The van der Waals surface area contributed by atoms with Crippen LogP contribution in [0.5, 0.6) is 0 Å². The van der Waals surface area contributed by atoms with Gasteiger partial charge in [-0.25, -0.2) is 0 Å². The predicted octanol–water partition coefficient (Wildman–Crippen LogP) is 0.309. The lowest BCUT2D eigenvalue weighted by atomic mass is 10.3. The molecule has 0 amide bonds. The van der Waals surface area contributed by atoms with Crippen molar-refractivity contribution in [3.63, 3.8) is 0 Å². The van der Waals surface area contributed by atoms with E-state index >= 15 is 0 Å². The fourth-order valence-corrected chi connectivity index (χ4v) is 0.870. The molecule has 0 aromatic rings. The summed E-state index contributed by atoms with van der Waals surface area (Å²) < 4.78 is 10.2. The molecular weight excluding hydrogens is 155 g/mol. The van der Waals surface area contributed by atoms with Gasteiger partial charge in [0.25, 0.3) is 0 Å². The molecule has 58 valence electrons. The summed E-state index contributed by atoms with van der Waals surface area (Å²) in [6, 6.07) is 0. The zero-order valence-corrected chi connectivity index (χ0v) is 6.25. The van der Waals surface area contributed by atoms with Crippen molar-refractivity contribution in [3.05, 3.63) is 12.7 Å². The van der Waals surface area contributed by atoms with E-state index < -0.39 is 13.8 Å². The molecule has 2 N–H and O–H groups in total. The van der Waals surface area contributed by atoms with Crippen molar-refractivity contribution in [1.29, 1.82) is 0 Å². The normalized spacial score (nSPS) is 11.0. The second kappa shape index (κ2) is 3.66. The van der Waals surface area contributed by atoms with Gasteiger partial charge in [0.2, 0.25) is 0 Å². The van der Waals surface area contributed by atoms with E-state index in [1.165, 1.54) is 0 Å². The predicted molar refractivity (Wildman–Crippen MR) is 36.7 cm³/mol. The molecule has 0 aliphatic carbocycles. The fourth-order valence-electron chi connectivity index (χ4n) is 0.358. The van der Waals surface area contributed by atoms with Gasteiger partial charge in [0.1, 0.15) is 0 Å². The topological polar surface area (TPSA) is 74.6 Å². The molecule has 0 heterocycles. The first kappa shape index (κ1) is 9.56. The van der Waals surface area contributed by atoms with Crippen molar-refractivity contribution in [1.82, 2.24) is 0 Å². The maximum atomic E-state index is 10.4. The summed E-state index contributed by atoms with van der Waals surface area (Å²) in [5, 5.41) is 0. The van der Waals surface area contributed by atoms with Gasteiger partial charge in [-0.05, 0) is 6.08 Å². The fraction of sp³-hybridized carbons (Fsp3) is 0.400. The van der Waals surface area contributed by atoms with Crippen LogP contribution in [-0.2, 0) is 9.36 Å². The SMILES string of the molecule is C=CC(=O)CCP(=O)(O)O. The van der Waals surface area contributed by atoms with Gasteiger partial charge in [-0.15, -0.1) is 0 Å². The number of carbonyl (C=O) groups excluding carboxylic acids is 1. The lowest BCUT2D eigenvalue weighted by Gasteiger charge is -1.99. The summed E-state index contributed by atoms with van der Waals surface area (Å²) in [6.07, 6.45) is 0.529. The lowest BCUT2D eigenvalue weighted by molar-refractivity contribution is -0.114. The Morgan fingerprint density at radius 1 is 1.60 bits per heavy atom. The molecule has 0 bridgehead atoms. The van der Waals surface area contributed by atoms with Gasteiger partial charge in [0.15, 0.2) is 5.78 Å². The maximum absolute atomic E-state index is 10.4. The monoisotopic (exact) mass is 164 g/mol. The van der Waals surface area contributed by atoms with Crippen LogP contribution in [0.15, 0.2) is 12.7 Å². The second-order valence-electron chi connectivity index (χ2n) is 1.81. The van der Waals surface area contributed by atoms with Crippen molar-refractivity contribution in [3.8, 4) is 0 Å². The standard InChI is InChI=1S/C5H9O4P/c1-2-5(6)3-4-10(7,8)9/h2H,1,3-4H2,(H2,7,8,9).